The van der Waals surface area contributed by atoms with E-state index in [0.717, 1.165) is 19.5 Å². The molecule has 1 aliphatic heterocycles. The summed E-state index contributed by atoms with van der Waals surface area (Å²) in [6, 6.07) is 4.14. The number of hydrogen-bond donors (Lipinski definition) is 1. The Morgan fingerprint density at radius 1 is 1.48 bits per heavy atom. The van der Waals surface area contributed by atoms with Gasteiger partial charge in [-0.15, -0.1) is 0 Å². The van der Waals surface area contributed by atoms with Gasteiger partial charge in [0, 0.05) is 31.1 Å². The molecule has 0 saturated carbocycles. The number of carbonyl (C=O) groups excluding carboxylic acids is 1. The Morgan fingerprint density at radius 2 is 2.24 bits per heavy atom. The number of phenolic OH excluding ortho intramolecular Hbond substituents is 1. The highest BCUT2D eigenvalue weighted by Crippen LogP contribution is 2.27. The number of benzene rings is 1. The van der Waals surface area contributed by atoms with Crippen molar-refractivity contribution in [1.82, 2.24) is 4.90 Å². The van der Waals surface area contributed by atoms with Crippen molar-refractivity contribution in [3.63, 3.8) is 0 Å². The summed E-state index contributed by atoms with van der Waals surface area (Å²) < 4.78 is 0. The lowest BCUT2D eigenvalue weighted by molar-refractivity contribution is -0.385. The highest BCUT2D eigenvalue weighted by Gasteiger charge is 2.21. The Labute approximate surface area is 122 Å². The summed E-state index contributed by atoms with van der Waals surface area (Å²) in [4.78, 5) is 24.3. The van der Waals surface area contributed by atoms with Gasteiger partial charge in [-0.3, -0.25) is 19.8 Å². The largest absolute Gasteiger partial charge is 0.502 e. The van der Waals surface area contributed by atoms with E-state index in [1.807, 2.05) is 0 Å². The van der Waals surface area contributed by atoms with Crippen molar-refractivity contribution in [2.24, 2.45) is 0 Å². The lowest BCUT2D eigenvalue weighted by Crippen LogP contribution is -2.36. The maximum atomic E-state index is 12.0. The number of aromatic hydroxyl groups is 1. The predicted octanol–water partition coefficient (Wildman–Crippen LogP) is 2.37. The first kappa shape index (κ1) is 15.2. The van der Waals surface area contributed by atoms with Crippen LogP contribution in [0.15, 0.2) is 23.8 Å². The zero-order valence-electron chi connectivity index (χ0n) is 11.9. The van der Waals surface area contributed by atoms with Gasteiger partial charge in [-0.25, -0.2) is 0 Å². The average molecular weight is 290 g/mol. The zero-order valence-corrected chi connectivity index (χ0v) is 11.9. The van der Waals surface area contributed by atoms with Crippen LogP contribution in [0, 0.1) is 10.1 Å². The van der Waals surface area contributed by atoms with Crippen LogP contribution in [-0.4, -0.2) is 40.3 Å². The number of nitro groups is 1. The third-order valence-electron chi connectivity index (χ3n) is 3.48. The second kappa shape index (κ2) is 6.49. The molecule has 112 valence electrons. The molecule has 6 nitrogen and oxygen atoms in total. The predicted molar refractivity (Wildman–Crippen MR) is 79.1 cm³/mol. The summed E-state index contributed by atoms with van der Waals surface area (Å²) in [5, 5.41) is 20.3. The Hall–Kier alpha value is -2.21. The van der Waals surface area contributed by atoms with Gasteiger partial charge in [0.05, 0.1) is 4.92 Å². The number of nitro benzene ring substituents is 1. The molecule has 1 fully saturated rings. The zero-order chi connectivity index (χ0) is 15.4. The molecule has 0 aliphatic carbocycles. The first-order valence-electron chi connectivity index (χ1n) is 6.94. The standard InChI is InChI=1S/C15H18N2O4/c1-2-6-16-7-5-14(18)12(10-16)8-11-3-4-15(19)13(9-11)17(20)21/h3-4,8-9,19H,2,5-7,10H2,1H3/b12-8+. The lowest BCUT2D eigenvalue weighted by Gasteiger charge is -2.27. The van der Waals surface area contributed by atoms with Crippen LogP contribution in [0.2, 0.25) is 0 Å². The Kier molecular flexibility index (Phi) is 4.70. The lowest BCUT2D eigenvalue weighted by atomic mass is 10.00. The minimum atomic E-state index is -0.635. The number of carbonyl (C=O) groups is 1. The van der Waals surface area contributed by atoms with Gasteiger partial charge in [-0.2, -0.15) is 0 Å². The van der Waals surface area contributed by atoms with Crippen LogP contribution in [0.5, 0.6) is 5.75 Å². The third-order valence-corrected chi connectivity index (χ3v) is 3.48. The molecule has 1 aromatic rings. The van der Waals surface area contributed by atoms with Gasteiger partial charge in [0.1, 0.15) is 0 Å². The molecule has 1 aromatic carbocycles. The molecular weight excluding hydrogens is 272 g/mol. The summed E-state index contributed by atoms with van der Waals surface area (Å²) in [5.41, 5.74) is 0.869. The molecule has 0 radical (unpaired) electrons. The van der Waals surface area contributed by atoms with E-state index in [1.54, 1.807) is 12.1 Å². The fourth-order valence-electron chi connectivity index (χ4n) is 2.44. The van der Waals surface area contributed by atoms with Crippen molar-refractivity contribution >= 4 is 17.5 Å². The van der Waals surface area contributed by atoms with Crippen molar-refractivity contribution in [2.45, 2.75) is 19.8 Å². The number of ketones is 1. The van der Waals surface area contributed by atoms with Gasteiger partial charge in [0.2, 0.25) is 0 Å². The van der Waals surface area contributed by atoms with Gasteiger partial charge in [-0.1, -0.05) is 13.0 Å². The monoisotopic (exact) mass is 290 g/mol. The number of nitrogens with zero attached hydrogens (tertiary/aromatic N) is 2. The highest BCUT2D eigenvalue weighted by molar-refractivity contribution is 6.00. The van der Waals surface area contributed by atoms with Crippen molar-refractivity contribution in [2.75, 3.05) is 19.6 Å². The average Bonchev–Trinajstić information content (AvgIpc) is 2.44. The fourth-order valence-corrected chi connectivity index (χ4v) is 2.44. The fraction of sp³-hybridized carbons (Fsp3) is 0.400. The number of Topliss-reactive ketones (excluding diaryl/α,β-unsaturated/α-hetero) is 1. The molecule has 2 rings (SSSR count). The maximum Gasteiger partial charge on any atom is 0.311 e. The number of piperidine rings is 1. The first-order chi connectivity index (χ1) is 10.0. The highest BCUT2D eigenvalue weighted by atomic mass is 16.6. The van der Waals surface area contributed by atoms with E-state index >= 15 is 0 Å². The Balaban J connectivity index is 2.27. The quantitative estimate of drug-likeness (QED) is 0.523. The van der Waals surface area contributed by atoms with Crippen LogP contribution in [0.25, 0.3) is 6.08 Å². The second-order valence-corrected chi connectivity index (χ2v) is 5.12. The SMILES string of the molecule is CCCN1CCC(=O)/C(=C/c2ccc(O)c([N+](=O)[O-])c2)C1. The van der Waals surface area contributed by atoms with Gasteiger partial charge in [0.15, 0.2) is 11.5 Å². The summed E-state index contributed by atoms with van der Waals surface area (Å²) >= 11 is 0. The molecule has 0 amide bonds. The van der Waals surface area contributed by atoms with Crippen molar-refractivity contribution in [3.05, 3.63) is 39.4 Å². The molecule has 1 saturated heterocycles. The van der Waals surface area contributed by atoms with E-state index in [0.29, 0.717) is 24.1 Å². The number of likely N-dealkylation sites (tertiary alicyclic amines) is 1. The summed E-state index contributed by atoms with van der Waals surface area (Å²) in [6.07, 6.45) is 3.18. The van der Waals surface area contributed by atoms with Crippen LogP contribution in [0.3, 0.4) is 0 Å². The van der Waals surface area contributed by atoms with Gasteiger partial charge in [0.25, 0.3) is 0 Å². The number of phenols is 1. The van der Waals surface area contributed by atoms with E-state index in [-0.39, 0.29) is 17.2 Å². The molecule has 1 aliphatic rings. The minimum absolute atomic E-state index is 0.0816. The molecule has 6 heteroatoms. The molecule has 0 unspecified atom stereocenters. The molecule has 21 heavy (non-hydrogen) atoms. The normalized spacial score (nSPS) is 18.1. The molecule has 1 N–H and O–H groups in total. The first-order valence-corrected chi connectivity index (χ1v) is 6.94. The van der Waals surface area contributed by atoms with Crippen LogP contribution in [0.4, 0.5) is 5.69 Å². The van der Waals surface area contributed by atoms with Gasteiger partial charge < -0.3 is 5.11 Å². The Bertz CT molecular complexity index is 595. The summed E-state index contributed by atoms with van der Waals surface area (Å²) in [5.74, 6) is -0.289. The summed E-state index contributed by atoms with van der Waals surface area (Å²) in [7, 11) is 0. The number of rotatable bonds is 4. The van der Waals surface area contributed by atoms with E-state index in [1.165, 1.54) is 12.1 Å². The maximum absolute atomic E-state index is 12.0. The van der Waals surface area contributed by atoms with E-state index < -0.39 is 4.92 Å². The molecule has 0 spiro atoms. The Morgan fingerprint density at radius 3 is 2.90 bits per heavy atom. The van der Waals surface area contributed by atoms with Crippen LogP contribution >= 0.6 is 0 Å². The molecule has 1 heterocycles. The molecular formula is C15H18N2O4. The smallest absolute Gasteiger partial charge is 0.311 e. The van der Waals surface area contributed by atoms with Crippen molar-refractivity contribution < 1.29 is 14.8 Å². The minimum Gasteiger partial charge on any atom is -0.502 e. The van der Waals surface area contributed by atoms with Crippen LogP contribution in [-0.2, 0) is 4.79 Å². The number of hydrogen-bond acceptors (Lipinski definition) is 5. The van der Waals surface area contributed by atoms with Crippen LogP contribution < -0.4 is 0 Å². The third kappa shape index (κ3) is 3.66. The van der Waals surface area contributed by atoms with E-state index in [2.05, 4.69) is 11.8 Å². The molecule has 0 aromatic heterocycles. The molecule has 0 bridgehead atoms. The molecule has 0 atom stereocenters. The van der Waals surface area contributed by atoms with Gasteiger partial charge >= 0.3 is 5.69 Å². The topological polar surface area (TPSA) is 83.7 Å². The van der Waals surface area contributed by atoms with Crippen molar-refractivity contribution in [1.29, 1.82) is 0 Å². The van der Waals surface area contributed by atoms with Crippen LogP contribution in [0.1, 0.15) is 25.3 Å². The van der Waals surface area contributed by atoms with Crippen molar-refractivity contribution in [3.8, 4) is 5.75 Å². The summed E-state index contributed by atoms with van der Waals surface area (Å²) in [6.45, 7) is 4.35. The second-order valence-electron chi connectivity index (χ2n) is 5.12. The van der Waals surface area contributed by atoms with Gasteiger partial charge in [-0.05, 0) is 30.7 Å². The van der Waals surface area contributed by atoms with E-state index in [9.17, 15) is 20.0 Å². The van der Waals surface area contributed by atoms with E-state index in [4.69, 9.17) is 0 Å².